The molecule has 3 rings (SSSR count). The van der Waals surface area contributed by atoms with Crippen LogP contribution in [0.2, 0.25) is 5.02 Å². The van der Waals surface area contributed by atoms with Crippen molar-refractivity contribution in [3.63, 3.8) is 0 Å². The second-order valence-electron chi connectivity index (χ2n) is 7.37. The van der Waals surface area contributed by atoms with Crippen LogP contribution in [0.25, 0.3) is 0 Å². The molecule has 2 aliphatic heterocycles. The summed E-state index contributed by atoms with van der Waals surface area (Å²) >= 11 is 6.07. The lowest BCUT2D eigenvalue weighted by molar-refractivity contribution is -0.149. The first-order chi connectivity index (χ1) is 13.0. The maximum atomic E-state index is 13.3. The molecule has 0 unspecified atom stereocenters. The number of nitrogens with zero attached hydrogens (tertiary/aromatic N) is 2. The lowest BCUT2D eigenvalue weighted by atomic mass is 10.1. The molecule has 2 fully saturated rings. The van der Waals surface area contributed by atoms with Crippen molar-refractivity contribution in [2.45, 2.75) is 56.2 Å². The summed E-state index contributed by atoms with van der Waals surface area (Å²) in [7, 11) is -3.97. The average Bonchev–Trinajstić information content (AvgIpc) is 3.24. The molecule has 3 atom stereocenters. The molecule has 2 saturated heterocycles. The highest BCUT2D eigenvalue weighted by Crippen LogP contribution is 2.32. The van der Waals surface area contributed by atoms with Crippen LogP contribution in [0.1, 0.15) is 30.4 Å². The predicted molar refractivity (Wildman–Crippen MR) is 102 cm³/mol. The normalized spacial score (nSPS) is 26.0. The molecule has 0 radical (unpaired) electrons. The van der Waals surface area contributed by atoms with E-state index >= 15 is 0 Å². The number of benzene rings is 1. The molecule has 154 valence electrons. The van der Waals surface area contributed by atoms with Crippen molar-refractivity contribution in [2.75, 3.05) is 13.1 Å². The van der Waals surface area contributed by atoms with E-state index in [9.17, 15) is 28.2 Å². The molecule has 0 saturated carbocycles. The first kappa shape index (κ1) is 21.0. The smallest absolute Gasteiger partial charge is 0.326 e. The van der Waals surface area contributed by atoms with Crippen LogP contribution >= 0.6 is 11.6 Å². The van der Waals surface area contributed by atoms with E-state index in [4.69, 9.17) is 11.6 Å². The van der Waals surface area contributed by atoms with Crippen LogP contribution < -0.4 is 0 Å². The van der Waals surface area contributed by atoms with Gasteiger partial charge in [-0.3, -0.25) is 4.79 Å². The van der Waals surface area contributed by atoms with E-state index in [1.165, 1.54) is 6.07 Å². The SMILES string of the molecule is Cc1cc(S(=O)(=O)N2CCC[C@H]2C(=O)N2C[C@H](O)C[C@@H]2C(=O)O)c(C)cc1Cl. The number of rotatable bonds is 4. The Labute approximate surface area is 168 Å². The highest BCUT2D eigenvalue weighted by molar-refractivity contribution is 7.89. The van der Waals surface area contributed by atoms with E-state index in [1.54, 1.807) is 19.9 Å². The summed E-state index contributed by atoms with van der Waals surface area (Å²) < 4.78 is 27.7. The van der Waals surface area contributed by atoms with Gasteiger partial charge in [-0.25, -0.2) is 13.2 Å². The zero-order valence-corrected chi connectivity index (χ0v) is 17.2. The summed E-state index contributed by atoms with van der Waals surface area (Å²) in [5.74, 6) is -1.78. The molecule has 1 aromatic carbocycles. The van der Waals surface area contributed by atoms with Gasteiger partial charge in [0.15, 0.2) is 0 Å². The van der Waals surface area contributed by atoms with Gasteiger partial charge in [-0.05, 0) is 49.9 Å². The van der Waals surface area contributed by atoms with E-state index < -0.39 is 40.1 Å². The lowest BCUT2D eigenvalue weighted by Crippen LogP contribution is -2.51. The lowest BCUT2D eigenvalue weighted by Gasteiger charge is -2.29. The third-order valence-electron chi connectivity index (χ3n) is 5.38. The summed E-state index contributed by atoms with van der Waals surface area (Å²) in [5.41, 5.74) is 1.09. The second kappa shape index (κ2) is 7.62. The highest BCUT2D eigenvalue weighted by Gasteiger charge is 2.46. The zero-order chi connectivity index (χ0) is 20.8. The molecule has 0 spiro atoms. The molecule has 1 aromatic rings. The Morgan fingerprint density at radius 3 is 2.50 bits per heavy atom. The van der Waals surface area contributed by atoms with Crippen molar-refractivity contribution in [2.24, 2.45) is 0 Å². The summed E-state index contributed by atoms with van der Waals surface area (Å²) in [4.78, 5) is 25.6. The summed E-state index contributed by atoms with van der Waals surface area (Å²) in [5, 5.41) is 19.6. The molecule has 2 aliphatic rings. The number of hydrogen-bond donors (Lipinski definition) is 2. The quantitative estimate of drug-likeness (QED) is 0.740. The second-order valence-corrected chi connectivity index (χ2v) is 9.64. The fourth-order valence-electron chi connectivity index (χ4n) is 3.92. The number of halogens is 1. The molecule has 0 aliphatic carbocycles. The van der Waals surface area contributed by atoms with E-state index in [2.05, 4.69) is 0 Å². The van der Waals surface area contributed by atoms with Crippen LogP contribution in [0, 0.1) is 13.8 Å². The number of sulfonamides is 1. The van der Waals surface area contributed by atoms with Gasteiger partial charge in [0.2, 0.25) is 15.9 Å². The third-order valence-corrected chi connectivity index (χ3v) is 7.84. The molecule has 2 N–H and O–H groups in total. The van der Waals surface area contributed by atoms with Gasteiger partial charge in [-0.15, -0.1) is 0 Å². The van der Waals surface area contributed by atoms with Crippen molar-refractivity contribution in [3.05, 3.63) is 28.3 Å². The van der Waals surface area contributed by atoms with Crippen molar-refractivity contribution < 1.29 is 28.2 Å². The Kier molecular flexibility index (Phi) is 5.73. The molecule has 8 nitrogen and oxygen atoms in total. The Morgan fingerprint density at radius 1 is 1.18 bits per heavy atom. The van der Waals surface area contributed by atoms with Crippen LogP contribution in [0.4, 0.5) is 0 Å². The van der Waals surface area contributed by atoms with Gasteiger partial charge in [-0.1, -0.05) is 11.6 Å². The van der Waals surface area contributed by atoms with Gasteiger partial charge in [0.25, 0.3) is 0 Å². The van der Waals surface area contributed by atoms with Crippen molar-refractivity contribution in [1.29, 1.82) is 0 Å². The number of carboxylic acid groups (broad SMARTS) is 1. The number of hydrogen-bond acceptors (Lipinski definition) is 5. The fraction of sp³-hybridized carbons (Fsp3) is 0.556. The van der Waals surface area contributed by atoms with Crippen LogP contribution in [0.3, 0.4) is 0 Å². The minimum atomic E-state index is -3.97. The van der Waals surface area contributed by atoms with Crippen LogP contribution in [0.15, 0.2) is 17.0 Å². The number of carbonyl (C=O) groups excluding carboxylic acids is 1. The molecule has 28 heavy (non-hydrogen) atoms. The maximum absolute atomic E-state index is 13.3. The largest absolute Gasteiger partial charge is 0.480 e. The van der Waals surface area contributed by atoms with Gasteiger partial charge < -0.3 is 15.1 Å². The Hall–Kier alpha value is -1.68. The number of aliphatic hydroxyl groups is 1. The number of likely N-dealkylation sites (tertiary alicyclic amines) is 1. The third kappa shape index (κ3) is 3.63. The van der Waals surface area contributed by atoms with E-state index in [-0.39, 0.29) is 24.4 Å². The summed E-state index contributed by atoms with van der Waals surface area (Å²) in [6, 6.07) is 0.945. The zero-order valence-electron chi connectivity index (χ0n) is 15.6. The predicted octanol–water partition coefficient (Wildman–Crippen LogP) is 1.16. The van der Waals surface area contributed by atoms with Crippen molar-refractivity contribution >= 4 is 33.5 Å². The molecule has 2 heterocycles. The van der Waals surface area contributed by atoms with Gasteiger partial charge in [0.05, 0.1) is 11.0 Å². The number of β-amino-alcohol motifs (C(OH)–C–C–N with tert-alkyl or cyclic N) is 1. The number of aliphatic hydroxyl groups excluding tert-OH is 1. The summed E-state index contributed by atoms with van der Waals surface area (Å²) in [6.07, 6.45) is -0.189. The first-order valence-corrected chi connectivity index (χ1v) is 10.9. The number of aliphatic carboxylic acids is 1. The minimum Gasteiger partial charge on any atom is -0.480 e. The van der Waals surface area contributed by atoms with Crippen molar-refractivity contribution in [1.82, 2.24) is 9.21 Å². The highest BCUT2D eigenvalue weighted by atomic mass is 35.5. The monoisotopic (exact) mass is 430 g/mol. The number of carbonyl (C=O) groups is 2. The van der Waals surface area contributed by atoms with Crippen molar-refractivity contribution in [3.8, 4) is 0 Å². The topological polar surface area (TPSA) is 115 Å². The van der Waals surface area contributed by atoms with Gasteiger partial charge in [-0.2, -0.15) is 4.31 Å². The molecular formula is C18H23ClN2O6S. The Bertz CT molecular complexity index is 919. The molecule has 0 bridgehead atoms. The van der Waals surface area contributed by atoms with Gasteiger partial charge >= 0.3 is 5.97 Å². The van der Waals surface area contributed by atoms with E-state index in [1.807, 2.05) is 0 Å². The maximum Gasteiger partial charge on any atom is 0.326 e. The Morgan fingerprint density at radius 2 is 1.86 bits per heavy atom. The van der Waals surface area contributed by atoms with E-state index in [0.29, 0.717) is 29.0 Å². The first-order valence-electron chi connectivity index (χ1n) is 9.04. The van der Waals surface area contributed by atoms with Crippen LogP contribution in [-0.2, 0) is 19.6 Å². The Balaban J connectivity index is 1.93. The van der Waals surface area contributed by atoms with Gasteiger partial charge in [0, 0.05) is 24.5 Å². The fourth-order valence-corrected chi connectivity index (χ4v) is 6.08. The van der Waals surface area contributed by atoms with Gasteiger partial charge in [0.1, 0.15) is 12.1 Å². The van der Waals surface area contributed by atoms with Crippen LogP contribution in [-0.4, -0.2) is 71.0 Å². The molecule has 1 amide bonds. The minimum absolute atomic E-state index is 0.0595. The standard InChI is InChI=1S/C18H23ClN2O6S/c1-10-7-16(11(2)6-13(10)19)28(26,27)21-5-3-4-14(21)17(23)20-9-12(22)8-15(20)18(24)25/h6-7,12,14-15,22H,3-5,8-9H2,1-2H3,(H,24,25)/t12-,14+,15-/m1/s1. The summed E-state index contributed by atoms with van der Waals surface area (Å²) in [6.45, 7) is 3.41. The van der Waals surface area contributed by atoms with E-state index in [0.717, 1.165) is 9.21 Å². The molecular weight excluding hydrogens is 408 g/mol. The number of aryl methyl sites for hydroxylation is 2. The molecule has 10 heteroatoms. The average molecular weight is 431 g/mol. The number of carboxylic acids is 1. The number of amides is 1. The van der Waals surface area contributed by atoms with Crippen LogP contribution in [0.5, 0.6) is 0 Å². The molecule has 0 aromatic heterocycles.